The molecule has 2 aromatic carbocycles. The first-order valence-electron chi connectivity index (χ1n) is 18.1. The highest BCUT2D eigenvalue weighted by molar-refractivity contribution is 6.42. The van der Waals surface area contributed by atoms with Crippen molar-refractivity contribution in [1.82, 2.24) is 20.0 Å². The molecule has 4 rings (SSSR count). The molecule has 0 aliphatic carbocycles. The fraction of sp³-hybridized carbons (Fsp3) is 0.541. The predicted molar refractivity (Wildman–Crippen MR) is 198 cm³/mol. The largest absolute Gasteiger partial charge is 0.476 e. The first-order valence-corrected chi connectivity index (χ1v) is 18.9. The van der Waals surface area contributed by atoms with E-state index < -0.39 is 128 Å². The predicted octanol–water partition coefficient (Wildman–Crippen LogP) is 7.28. The summed E-state index contributed by atoms with van der Waals surface area (Å²) in [5.74, 6) is -5.09. The number of halogens is 10. The van der Waals surface area contributed by atoms with E-state index in [9.17, 15) is 64.2 Å². The topological polar surface area (TPSA) is 140 Å². The smallest absolute Gasteiger partial charge is 0.417 e. The summed E-state index contributed by atoms with van der Waals surface area (Å²) in [4.78, 5) is 68.2. The minimum atomic E-state index is -5.17. The number of hydrogen-bond donors (Lipinski definition) is 2. The number of piperidine rings is 1. The van der Waals surface area contributed by atoms with Gasteiger partial charge in [0.1, 0.15) is 12.3 Å². The van der Waals surface area contributed by atoms with Crippen LogP contribution in [0.5, 0.6) is 5.75 Å². The zero-order chi connectivity index (χ0) is 44.4. The second-order valence-electron chi connectivity index (χ2n) is 14.8. The molecule has 12 nitrogen and oxygen atoms in total. The van der Waals surface area contributed by atoms with Gasteiger partial charge in [0.05, 0.1) is 39.3 Å². The van der Waals surface area contributed by atoms with Gasteiger partial charge in [-0.25, -0.2) is 4.79 Å². The van der Waals surface area contributed by atoms with Crippen LogP contribution in [0.15, 0.2) is 30.3 Å². The average molecular weight is 891 g/mol. The standard InChI is InChI=1S/C37H41Cl2F8N5O7/c1-19(2)52(32(55)23-15-27-28(16-24(23)37(45,46)47)59-35(3,4)33(56)50(27)12-10-48-31(54)30(40)41)22-7-6-21(51(17-22)34(57)58)9-11-49(18-36(42,43)44)29(53)14-20-5-8-25(38)26(39)13-20/h5,8,13,15-16,19,21-22,30H,6-7,9-12,14,17-18H2,1-4H3,(H,48,54)(H,57,58)/t21-,22-/m1/s1. The number of ether oxygens (including phenoxy) is 1. The summed E-state index contributed by atoms with van der Waals surface area (Å²) in [5, 5.41) is 12.3. The Morgan fingerprint density at radius 2 is 1.68 bits per heavy atom. The average Bonchev–Trinajstić information content (AvgIpc) is 3.11. The number of carbonyl (C=O) groups excluding carboxylic acids is 4. The highest BCUT2D eigenvalue weighted by Gasteiger charge is 2.46. The normalized spacial score (nSPS) is 18.1. The van der Waals surface area contributed by atoms with Crippen LogP contribution in [0.25, 0.3) is 0 Å². The fourth-order valence-electron chi connectivity index (χ4n) is 7.10. The SMILES string of the molecule is CC(C)N(C(=O)c1cc2c(cc1C(F)(F)F)OC(C)(C)C(=O)N2CCNC(=O)C(F)F)[C@@H]1CC[C@H](CCN(CC(F)(F)F)C(=O)Cc2ccc(Cl)c(Cl)c2)N(C(=O)O)C1. The van der Waals surface area contributed by atoms with Gasteiger partial charge in [-0.15, -0.1) is 0 Å². The maximum absolute atomic E-state index is 14.7. The molecule has 59 heavy (non-hydrogen) atoms. The van der Waals surface area contributed by atoms with Crippen LogP contribution >= 0.6 is 23.2 Å². The van der Waals surface area contributed by atoms with Gasteiger partial charge < -0.3 is 34.8 Å². The van der Waals surface area contributed by atoms with E-state index in [0.717, 1.165) is 20.8 Å². The molecular formula is C37H41Cl2F8N5O7. The van der Waals surface area contributed by atoms with E-state index in [4.69, 9.17) is 27.9 Å². The number of anilines is 1. The van der Waals surface area contributed by atoms with Crippen LogP contribution in [0.2, 0.25) is 10.0 Å². The van der Waals surface area contributed by atoms with E-state index in [-0.39, 0.29) is 40.6 Å². The van der Waals surface area contributed by atoms with Crippen molar-refractivity contribution in [1.29, 1.82) is 0 Å². The molecule has 0 radical (unpaired) electrons. The lowest BCUT2D eigenvalue weighted by molar-refractivity contribution is -0.161. The zero-order valence-electron chi connectivity index (χ0n) is 32.0. The second-order valence-corrected chi connectivity index (χ2v) is 15.6. The molecule has 1 fully saturated rings. The Balaban J connectivity index is 1.62. The summed E-state index contributed by atoms with van der Waals surface area (Å²) in [5.41, 5.74) is -4.20. The Hall–Kier alpha value is -4.59. The van der Waals surface area contributed by atoms with E-state index in [1.165, 1.54) is 45.9 Å². The van der Waals surface area contributed by atoms with Crippen molar-refractivity contribution in [3.05, 3.63) is 57.1 Å². The highest BCUT2D eigenvalue weighted by atomic mass is 35.5. The number of nitrogens with zero attached hydrogens (tertiary/aromatic N) is 4. The summed E-state index contributed by atoms with van der Waals surface area (Å²) in [6.07, 6.45) is -15.7. The maximum Gasteiger partial charge on any atom is 0.417 e. The molecule has 2 aromatic rings. The van der Waals surface area contributed by atoms with E-state index in [0.29, 0.717) is 11.0 Å². The third kappa shape index (κ3) is 11.6. The van der Waals surface area contributed by atoms with Crippen molar-refractivity contribution in [2.75, 3.05) is 37.6 Å². The molecule has 0 unspecified atom stereocenters. The lowest BCUT2D eigenvalue weighted by Gasteiger charge is -2.45. The highest BCUT2D eigenvalue weighted by Crippen LogP contribution is 2.44. The number of fused-ring (bicyclic) bond motifs is 1. The molecule has 326 valence electrons. The summed E-state index contributed by atoms with van der Waals surface area (Å²) in [6.45, 7) is 1.81. The minimum Gasteiger partial charge on any atom is -0.476 e. The molecule has 22 heteroatoms. The van der Waals surface area contributed by atoms with Crippen LogP contribution in [0, 0.1) is 0 Å². The van der Waals surface area contributed by atoms with Crippen molar-refractivity contribution in [3.8, 4) is 5.75 Å². The number of carboxylic acid groups (broad SMARTS) is 1. The number of nitrogens with one attached hydrogen (secondary N) is 1. The number of benzene rings is 2. The van der Waals surface area contributed by atoms with Crippen LogP contribution in [-0.4, -0.2) is 119 Å². The lowest BCUT2D eigenvalue weighted by Crippen LogP contribution is -2.57. The second kappa shape index (κ2) is 18.4. The Morgan fingerprint density at radius 3 is 2.24 bits per heavy atom. The molecule has 2 aliphatic heterocycles. The van der Waals surface area contributed by atoms with Gasteiger partial charge >= 0.3 is 24.9 Å². The molecule has 0 saturated carbocycles. The Bertz CT molecular complexity index is 1930. The van der Waals surface area contributed by atoms with Gasteiger partial charge in [-0.05, 0) is 76.8 Å². The molecule has 2 N–H and O–H groups in total. The Kier molecular flexibility index (Phi) is 14.6. The van der Waals surface area contributed by atoms with Crippen LogP contribution in [0.4, 0.5) is 45.6 Å². The van der Waals surface area contributed by atoms with Crippen molar-refractivity contribution in [3.63, 3.8) is 0 Å². The number of carbonyl (C=O) groups is 5. The molecule has 2 heterocycles. The summed E-state index contributed by atoms with van der Waals surface area (Å²) in [6, 6.07) is 2.55. The van der Waals surface area contributed by atoms with Gasteiger partial charge in [0.2, 0.25) is 5.91 Å². The first kappa shape index (κ1) is 47.1. The number of rotatable bonds is 13. The number of amides is 5. The van der Waals surface area contributed by atoms with Crippen molar-refractivity contribution >= 4 is 58.6 Å². The molecule has 2 atom stereocenters. The number of hydrogen-bond acceptors (Lipinski definition) is 6. The molecule has 0 aromatic heterocycles. The van der Waals surface area contributed by atoms with Gasteiger partial charge in [0.25, 0.3) is 17.7 Å². The van der Waals surface area contributed by atoms with E-state index in [1.54, 1.807) is 0 Å². The van der Waals surface area contributed by atoms with Crippen LogP contribution in [0.1, 0.15) is 68.4 Å². The van der Waals surface area contributed by atoms with Crippen LogP contribution < -0.4 is 15.0 Å². The van der Waals surface area contributed by atoms with Crippen molar-refractivity contribution < 1.29 is 68.9 Å². The van der Waals surface area contributed by atoms with Gasteiger partial charge in [-0.3, -0.25) is 19.2 Å². The Labute approximate surface area is 343 Å². The molecule has 0 bridgehead atoms. The summed E-state index contributed by atoms with van der Waals surface area (Å²) < 4.78 is 116. The summed E-state index contributed by atoms with van der Waals surface area (Å²) in [7, 11) is 0. The van der Waals surface area contributed by atoms with Crippen molar-refractivity contribution in [2.45, 2.75) is 95.9 Å². The third-order valence-corrected chi connectivity index (χ3v) is 10.5. The first-order chi connectivity index (χ1) is 27.2. The number of likely N-dealkylation sites (tertiary alicyclic amines) is 1. The number of alkyl halides is 8. The van der Waals surface area contributed by atoms with E-state index in [1.807, 2.05) is 5.32 Å². The lowest BCUT2D eigenvalue weighted by atomic mass is 9.93. The van der Waals surface area contributed by atoms with Crippen molar-refractivity contribution in [2.24, 2.45) is 0 Å². The van der Waals surface area contributed by atoms with Gasteiger partial charge in [-0.2, -0.15) is 35.1 Å². The third-order valence-electron chi connectivity index (χ3n) is 9.79. The van der Waals surface area contributed by atoms with Gasteiger partial charge in [-0.1, -0.05) is 29.3 Å². The molecule has 1 saturated heterocycles. The molecule has 0 spiro atoms. The maximum atomic E-state index is 14.7. The molecular weight excluding hydrogens is 849 g/mol. The Morgan fingerprint density at radius 1 is 1.02 bits per heavy atom. The van der Waals surface area contributed by atoms with Gasteiger partial charge in [0.15, 0.2) is 5.60 Å². The summed E-state index contributed by atoms with van der Waals surface area (Å²) >= 11 is 11.9. The van der Waals surface area contributed by atoms with Gasteiger partial charge in [0, 0.05) is 38.3 Å². The minimum absolute atomic E-state index is 0.00705. The monoisotopic (exact) mass is 889 g/mol. The van der Waals surface area contributed by atoms with Crippen LogP contribution in [-0.2, 0) is 27.0 Å². The molecule has 5 amide bonds. The molecule has 2 aliphatic rings. The zero-order valence-corrected chi connectivity index (χ0v) is 33.5. The van der Waals surface area contributed by atoms with E-state index >= 15 is 0 Å². The van der Waals surface area contributed by atoms with E-state index in [2.05, 4.69) is 0 Å². The van der Waals surface area contributed by atoms with Crippen LogP contribution in [0.3, 0.4) is 0 Å². The fourth-order valence-corrected chi connectivity index (χ4v) is 7.42. The quantitative estimate of drug-likeness (QED) is 0.202.